The van der Waals surface area contributed by atoms with Crippen molar-refractivity contribution in [2.24, 2.45) is 0 Å². The minimum atomic E-state index is -1.01. The number of fused-ring (bicyclic) bond motifs is 1. The molecule has 20 heavy (non-hydrogen) atoms. The van der Waals surface area contributed by atoms with Crippen LogP contribution in [0.4, 0.5) is 0 Å². The fourth-order valence-corrected chi connectivity index (χ4v) is 1.72. The van der Waals surface area contributed by atoms with Crippen molar-refractivity contribution in [2.75, 3.05) is 7.11 Å². The van der Waals surface area contributed by atoms with Crippen LogP contribution in [0.2, 0.25) is 0 Å². The van der Waals surface area contributed by atoms with Crippen LogP contribution in [0.3, 0.4) is 0 Å². The van der Waals surface area contributed by atoms with E-state index in [2.05, 4.69) is 23.7 Å². The zero-order chi connectivity index (χ0) is 14.6. The zero-order valence-electron chi connectivity index (χ0n) is 11.8. The molecule has 0 unspecified atom stereocenters. The van der Waals surface area contributed by atoms with Crippen LogP contribution in [0.15, 0.2) is 36.4 Å². The number of benzene rings is 2. The SMILES string of the molecule is COc1ccc2cc(C#CC#CC(C)(C)O)ccc2c1. The van der Waals surface area contributed by atoms with Gasteiger partial charge in [0, 0.05) is 5.56 Å². The van der Waals surface area contributed by atoms with Crippen molar-refractivity contribution in [2.45, 2.75) is 19.4 Å². The average Bonchev–Trinajstić information content (AvgIpc) is 2.42. The van der Waals surface area contributed by atoms with Gasteiger partial charge in [0.2, 0.25) is 0 Å². The Morgan fingerprint density at radius 2 is 1.70 bits per heavy atom. The van der Waals surface area contributed by atoms with E-state index in [1.807, 2.05) is 36.4 Å². The van der Waals surface area contributed by atoms with Gasteiger partial charge >= 0.3 is 0 Å². The molecule has 2 aromatic carbocycles. The zero-order valence-corrected chi connectivity index (χ0v) is 11.8. The van der Waals surface area contributed by atoms with E-state index in [0.29, 0.717) is 0 Å². The Labute approximate surface area is 119 Å². The van der Waals surface area contributed by atoms with E-state index in [1.54, 1.807) is 21.0 Å². The molecule has 0 heterocycles. The van der Waals surface area contributed by atoms with E-state index in [4.69, 9.17) is 4.74 Å². The van der Waals surface area contributed by atoms with Gasteiger partial charge in [-0.1, -0.05) is 24.0 Å². The monoisotopic (exact) mass is 264 g/mol. The third-order valence-corrected chi connectivity index (χ3v) is 2.69. The number of ether oxygens (including phenoxy) is 1. The summed E-state index contributed by atoms with van der Waals surface area (Å²) in [7, 11) is 1.66. The van der Waals surface area contributed by atoms with Gasteiger partial charge in [-0.2, -0.15) is 0 Å². The molecule has 0 amide bonds. The maximum Gasteiger partial charge on any atom is 0.120 e. The van der Waals surface area contributed by atoms with Gasteiger partial charge in [0.1, 0.15) is 11.4 Å². The Morgan fingerprint density at radius 3 is 2.40 bits per heavy atom. The van der Waals surface area contributed by atoms with Gasteiger partial charge in [0.25, 0.3) is 0 Å². The molecule has 0 radical (unpaired) electrons. The summed E-state index contributed by atoms with van der Waals surface area (Å²) in [6, 6.07) is 11.9. The van der Waals surface area contributed by atoms with Crippen LogP contribution in [0.25, 0.3) is 10.8 Å². The predicted octanol–water partition coefficient (Wildman–Crippen LogP) is 2.97. The standard InChI is InChI=1S/C18H16O2/c1-18(2,19)11-5-4-6-14-7-8-16-13-17(20-3)10-9-15(16)12-14/h7-10,12-13,19H,1-3H3. The fraction of sp³-hybridized carbons (Fsp3) is 0.222. The topological polar surface area (TPSA) is 29.5 Å². The molecule has 0 bridgehead atoms. The van der Waals surface area contributed by atoms with E-state index >= 15 is 0 Å². The highest BCUT2D eigenvalue weighted by atomic mass is 16.5. The summed E-state index contributed by atoms with van der Waals surface area (Å²) >= 11 is 0. The molecule has 0 spiro atoms. The summed E-state index contributed by atoms with van der Waals surface area (Å²) in [6.07, 6.45) is 0. The van der Waals surface area contributed by atoms with E-state index < -0.39 is 5.60 Å². The van der Waals surface area contributed by atoms with Gasteiger partial charge in [-0.15, -0.1) is 0 Å². The van der Waals surface area contributed by atoms with Crippen LogP contribution in [-0.2, 0) is 0 Å². The minimum absolute atomic E-state index is 0.840. The molecule has 100 valence electrons. The van der Waals surface area contributed by atoms with E-state index in [9.17, 15) is 5.11 Å². The van der Waals surface area contributed by atoms with Crippen molar-refractivity contribution < 1.29 is 9.84 Å². The fourth-order valence-electron chi connectivity index (χ4n) is 1.72. The van der Waals surface area contributed by atoms with Crippen molar-refractivity contribution in [1.29, 1.82) is 0 Å². The van der Waals surface area contributed by atoms with Crippen LogP contribution in [0, 0.1) is 23.7 Å². The van der Waals surface area contributed by atoms with Gasteiger partial charge in [0.15, 0.2) is 0 Å². The lowest BCUT2D eigenvalue weighted by atomic mass is 10.1. The Morgan fingerprint density at radius 1 is 1.00 bits per heavy atom. The molecule has 0 aliphatic carbocycles. The third kappa shape index (κ3) is 3.79. The lowest BCUT2D eigenvalue weighted by Gasteiger charge is -2.04. The third-order valence-electron chi connectivity index (χ3n) is 2.69. The summed E-state index contributed by atoms with van der Waals surface area (Å²) in [5.41, 5.74) is -0.109. The molecule has 2 heteroatoms. The lowest BCUT2D eigenvalue weighted by Crippen LogP contribution is -2.14. The first-order valence-electron chi connectivity index (χ1n) is 6.31. The number of rotatable bonds is 1. The highest BCUT2D eigenvalue weighted by molar-refractivity contribution is 5.85. The van der Waals surface area contributed by atoms with Gasteiger partial charge in [-0.05, 0) is 60.7 Å². The molecule has 0 fully saturated rings. The summed E-state index contributed by atoms with van der Waals surface area (Å²) in [5, 5.41) is 11.7. The summed E-state index contributed by atoms with van der Waals surface area (Å²) < 4.78 is 5.19. The van der Waals surface area contributed by atoms with Crippen LogP contribution < -0.4 is 4.74 Å². The van der Waals surface area contributed by atoms with Gasteiger partial charge in [-0.3, -0.25) is 0 Å². The second-order valence-corrected chi connectivity index (χ2v) is 4.99. The molecule has 0 saturated heterocycles. The highest BCUT2D eigenvalue weighted by Crippen LogP contribution is 2.21. The van der Waals surface area contributed by atoms with Crippen LogP contribution in [0.5, 0.6) is 5.75 Å². The van der Waals surface area contributed by atoms with Crippen molar-refractivity contribution in [3.63, 3.8) is 0 Å². The first-order chi connectivity index (χ1) is 9.48. The number of hydrogen-bond donors (Lipinski definition) is 1. The predicted molar refractivity (Wildman–Crippen MR) is 81.5 cm³/mol. The lowest BCUT2D eigenvalue weighted by molar-refractivity contribution is 0.143. The van der Waals surface area contributed by atoms with Gasteiger partial charge < -0.3 is 9.84 Å². The highest BCUT2D eigenvalue weighted by Gasteiger charge is 2.04. The molecule has 2 rings (SSSR count). The molecule has 2 aromatic rings. The molecular formula is C18H16O2. The first kappa shape index (κ1) is 14.0. The molecule has 0 aromatic heterocycles. The summed E-state index contributed by atoms with van der Waals surface area (Å²) in [4.78, 5) is 0. The second kappa shape index (κ2) is 5.70. The smallest absolute Gasteiger partial charge is 0.120 e. The largest absolute Gasteiger partial charge is 0.497 e. The van der Waals surface area contributed by atoms with Gasteiger partial charge in [0.05, 0.1) is 7.11 Å². The minimum Gasteiger partial charge on any atom is -0.497 e. The molecular weight excluding hydrogens is 248 g/mol. The molecule has 1 N–H and O–H groups in total. The van der Waals surface area contributed by atoms with E-state index in [1.165, 1.54) is 0 Å². The Bertz CT molecular complexity index is 744. The molecule has 0 saturated carbocycles. The number of hydrogen-bond acceptors (Lipinski definition) is 2. The Hall–Kier alpha value is -2.42. The van der Waals surface area contributed by atoms with Crippen molar-refractivity contribution in [1.82, 2.24) is 0 Å². The van der Waals surface area contributed by atoms with E-state index in [-0.39, 0.29) is 0 Å². The normalized spacial score (nSPS) is 10.2. The van der Waals surface area contributed by atoms with Crippen molar-refractivity contribution >= 4 is 10.8 Å². The van der Waals surface area contributed by atoms with E-state index in [0.717, 1.165) is 22.1 Å². The number of aliphatic hydroxyl groups is 1. The molecule has 2 nitrogen and oxygen atoms in total. The number of methoxy groups -OCH3 is 1. The van der Waals surface area contributed by atoms with Crippen molar-refractivity contribution in [3.05, 3.63) is 42.0 Å². The Kier molecular flexibility index (Phi) is 3.99. The molecule has 0 aliphatic heterocycles. The molecule has 0 aliphatic rings. The van der Waals surface area contributed by atoms with Crippen LogP contribution in [-0.4, -0.2) is 17.8 Å². The quantitative estimate of drug-likeness (QED) is 0.802. The summed E-state index contributed by atoms with van der Waals surface area (Å²) in [6.45, 7) is 3.26. The average molecular weight is 264 g/mol. The Balaban J connectivity index is 2.29. The summed E-state index contributed by atoms with van der Waals surface area (Å²) in [5.74, 6) is 11.9. The second-order valence-electron chi connectivity index (χ2n) is 4.99. The first-order valence-corrected chi connectivity index (χ1v) is 6.31. The maximum atomic E-state index is 9.45. The van der Waals surface area contributed by atoms with Gasteiger partial charge in [-0.25, -0.2) is 0 Å². The molecule has 0 atom stereocenters. The van der Waals surface area contributed by atoms with Crippen LogP contribution in [0.1, 0.15) is 19.4 Å². The van der Waals surface area contributed by atoms with Crippen molar-refractivity contribution in [3.8, 4) is 29.4 Å². The maximum absolute atomic E-state index is 9.45. The van der Waals surface area contributed by atoms with Crippen LogP contribution >= 0.6 is 0 Å².